The normalized spacial score (nSPS) is 14.5. The van der Waals surface area contributed by atoms with Gasteiger partial charge >= 0.3 is 0 Å². The van der Waals surface area contributed by atoms with Crippen molar-refractivity contribution >= 4 is 23.3 Å². The largest absolute Gasteiger partial charge is 0.495 e. The highest BCUT2D eigenvalue weighted by atomic mass is 16.5. The van der Waals surface area contributed by atoms with Gasteiger partial charge in [0, 0.05) is 31.9 Å². The molecular formula is C22H27N7O. The second-order valence-corrected chi connectivity index (χ2v) is 7.31. The Morgan fingerprint density at radius 2 is 1.70 bits per heavy atom. The summed E-state index contributed by atoms with van der Waals surface area (Å²) in [5, 5.41) is 3.25. The summed E-state index contributed by atoms with van der Waals surface area (Å²) in [5.41, 5.74) is 9.15. The lowest BCUT2D eigenvalue weighted by Crippen LogP contribution is -2.46. The summed E-state index contributed by atoms with van der Waals surface area (Å²) in [6, 6.07) is 16.1. The molecule has 3 aromatic rings. The average molecular weight is 406 g/mol. The first-order valence-corrected chi connectivity index (χ1v) is 10.1. The van der Waals surface area contributed by atoms with Gasteiger partial charge in [-0.2, -0.15) is 15.0 Å². The average Bonchev–Trinajstić information content (AvgIpc) is 2.75. The van der Waals surface area contributed by atoms with Crippen molar-refractivity contribution in [1.29, 1.82) is 0 Å². The predicted molar refractivity (Wildman–Crippen MR) is 119 cm³/mol. The zero-order valence-corrected chi connectivity index (χ0v) is 17.4. The Morgan fingerprint density at radius 1 is 0.967 bits per heavy atom. The van der Waals surface area contributed by atoms with Crippen LogP contribution in [0.1, 0.15) is 11.4 Å². The summed E-state index contributed by atoms with van der Waals surface area (Å²) < 4.78 is 5.50. The minimum Gasteiger partial charge on any atom is -0.495 e. The number of para-hydroxylation sites is 3. The third kappa shape index (κ3) is 4.60. The Balaban J connectivity index is 1.40. The quantitative estimate of drug-likeness (QED) is 0.647. The van der Waals surface area contributed by atoms with Crippen LogP contribution in [0.15, 0.2) is 48.5 Å². The van der Waals surface area contributed by atoms with Crippen molar-refractivity contribution in [1.82, 2.24) is 19.9 Å². The molecule has 1 aromatic heterocycles. The molecule has 3 N–H and O–H groups in total. The fourth-order valence-electron chi connectivity index (χ4n) is 3.64. The maximum Gasteiger partial charge on any atom is 0.232 e. The van der Waals surface area contributed by atoms with Crippen LogP contribution in [0.3, 0.4) is 0 Å². The summed E-state index contributed by atoms with van der Waals surface area (Å²) in [6.07, 6.45) is 0. The number of benzene rings is 2. The van der Waals surface area contributed by atoms with E-state index in [2.05, 4.69) is 36.1 Å². The molecule has 0 saturated carbocycles. The zero-order valence-electron chi connectivity index (χ0n) is 17.4. The van der Waals surface area contributed by atoms with Crippen molar-refractivity contribution in [3.8, 4) is 5.75 Å². The summed E-state index contributed by atoms with van der Waals surface area (Å²) in [5.74, 6) is 2.27. The van der Waals surface area contributed by atoms with Gasteiger partial charge in [0.1, 0.15) is 11.6 Å². The summed E-state index contributed by atoms with van der Waals surface area (Å²) in [7, 11) is 1.71. The molecule has 0 radical (unpaired) electrons. The van der Waals surface area contributed by atoms with Gasteiger partial charge in [-0.3, -0.25) is 4.90 Å². The molecule has 1 aliphatic rings. The van der Waals surface area contributed by atoms with Gasteiger partial charge in [-0.1, -0.05) is 30.3 Å². The van der Waals surface area contributed by atoms with Crippen LogP contribution >= 0.6 is 0 Å². The fourth-order valence-corrected chi connectivity index (χ4v) is 3.64. The Bertz CT molecular complexity index is 1000. The van der Waals surface area contributed by atoms with Gasteiger partial charge in [-0.05, 0) is 30.7 Å². The lowest BCUT2D eigenvalue weighted by molar-refractivity contribution is 0.243. The maximum absolute atomic E-state index is 5.94. The van der Waals surface area contributed by atoms with Crippen molar-refractivity contribution < 1.29 is 4.74 Å². The van der Waals surface area contributed by atoms with Crippen LogP contribution in [0, 0.1) is 6.92 Å². The van der Waals surface area contributed by atoms with Crippen LogP contribution in [-0.4, -0.2) is 53.1 Å². The van der Waals surface area contributed by atoms with Gasteiger partial charge in [-0.15, -0.1) is 0 Å². The van der Waals surface area contributed by atoms with Crippen molar-refractivity contribution in [2.24, 2.45) is 0 Å². The van der Waals surface area contributed by atoms with E-state index in [1.54, 1.807) is 7.11 Å². The van der Waals surface area contributed by atoms with E-state index in [1.165, 1.54) is 0 Å². The number of aryl methyl sites for hydroxylation is 1. The number of rotatable bonds is 6. The Morgan fingerprint density at radius 3 is 2.47 bits per heavy atom. The van der Waals surface area contributed by atoms with Crippen LogP contribution in [0.25, 0.3) is 0 Å². The van der Waals surface area contributed by atoms with Gasteiger partial charge in [0.05, 0.1) is 19.3 Å². The van der Waals surface area contributed by atoms with Gasteiger partial charge < -0.3 is 20.7 Å². The molecule has 0 unspecified atom stereocenters. The second kappa shape index (κ2) is 8.96. The first-order chi connectivity index (χ1) is 14.6. The smallest absolute Gasteiger partial charge is 0.232 e. The number of piperazine rings is 1. The van der Waals surface area contributed by atoms with Crippen LogP contribution in [-0.2, 0) is 6.54 Å². The molecule has 4 rings (SSSR count). The van der Waals surface area contributed by atoms with Crippen LogP contribution in [0.5, 0.6) is 5.75 Å². The number of nitrogens with one attached hydrogen (secondary N) is 1. The van der Waals surface area contributed by atoms with E-state index in [0.29, 0.717) is 18.3 Å². The van der Waals surface area contributed by atoms with Gasteiger partial charge in [0.2, 0.25) is 11.9 Å². The molecule has 156 valence electrons. The predicted octanol–water partition coefficient (Wildman–Crippen LogP) is 2.84. The number of ether oxygens (including phenoxy) is 1. The molecule has 8 nitrogen and oxygen atoms in total. The first kappa shape index (κ1) is 19.9. The second-order valence-electron chi connectivity index (χ2n) is 7.31. The van der Waals surface area contributed by atoms with Crippen LogP contribution in [0.4, 0.5) is 23.3 Å². The molecule has 1 saturated heterocycles. The third-order valence-electron chi connectivity index (χ3n) is 5.25. The number of aromatic nitrogens is 3. The molecule has 2 aromatic carbocycles. The Hall–Kier alpha value is -3.39. The summed E-state index contributed by atoms with van der Waals surface area (Å²) in [6.45, 7) is 6.31. The number of anilines is 4. The Labute approximate surface area is 176 Å². The standard InChI is InChI=1S/C22H27N7O/c1-16-7-3-4-8-17(16)24-22-26-20(25-21(23)27-22)15-28-11-13-29(14-12-28)18-9-5-6-10-19(18)30-2/h3-10H,11-15H2,1-2H3,(H3,23,24,25,26,27). The van der Waals surface area contributed by atoms with Gasteiger partial charge in [-0.25, -0.2) is 0 Å². The highest BCUT2D eigenvalue weighted by Crippen LogP contribution is 2.28. The first-order valence-electron chi connectivity index (χ1n) is 10.1. The number of hydrogen-bond donors (Lipinski definition) is 2. The topological polar surface area (TPSA) is 92.4 Å². The monoisotopic (exact) mass is 405 g/mol. The minimum absolute atomic E-state index is 0.226. The van der Waals surface area contributed by atoms with E-state index in [9.17, 15) is 0 Å². The molecule has 0 amide bonds. The molecule has 2 heterocycles. The number of nitrogens with zero attached hydrogens (tertiary/aromatic N) is 5. The number of nitrogen functional groups attached to an aromatic ring is 1. The van der Waals surface area contributed by atoms with E-state index in [1.807, 2.05) is 49.4 Å². The van der Waals surface area contributed by atoms with Gasteiger partial charge in [0.25, 0.3) is 0 Å². The van der Waals surface area contributed by atoms with Crippen molar-refractivity contribution in [2.45, 2.75) is 13.5 Å². The van der Waals surface area contributed by atoms with Crippen molar-refractivity contribution in [3.05, 3.63) is 59.9 Å². The number of nitrogens with two attached hydrogens (primary N) is 1. The zero-order chi connectivity index (χ0) is 20.9. The van der Waals surface area contributed by atoms with Crippen LogP contribution in [0.2, 0.25) is 0 Å². The maximum atomic E-state index is 5.94. The molecule has 1 aliphatic heterocycles. The fraction of sp³-hybridized carbons (Fsp3) is 0.318. The molecule has 8 heteroatoms. The molecule has 1 fully saturated rings. The summed E-state index contributed by atoms with van der Waals surface area (Å²) >= 11 is 0. The van der Waals surface area contributed by atoms with Gasteiger partial charge in [0.15, 0.2) is 0 Å². The number of methoxy groups -OCH3 is 1. The molecule has 0 atom stereocenters. The highest BCUT2D eigenvalue weighted by molar-refractivity contribution is 5.59. The number of hydrogen-bond acceptors (Lipinski definition) is 8. The SMILES string of the molecule is COc1ccccc1N1CCN(Cc2nc(N)nc(Nc3ccccc3C)n2)CC1. The summed E-state index contributed by atoms with van der Waals surface area (Å²) in [4.78, 5) is 17.8. The van der Waals surface area contributed by atoms with E-state index < -0.39 is 0 Å². The lowest BCUT2D eigenvalue weighted by atomic mass is 10.2. The molecule has 0 bridgehead atoms. The van der Waals surface area contributed by atoms with Crippen molar-refractivity contribution in [3.63, 3.8) is 0 Å². The highest BCUT2D eigenvalue weighted by Gasteiger charge is 2.20. The van der Waals surface area contributed by atoms with E-state index >= 15 is 0 Å². The van der Waals surface area contributed by atoms with E-state index in [0.717, 1.165) is 48.9 Å². The van der Waals surface area contributed by atoms with Crippen LogP contribution < -0.4 is 20.7 Å². The van der Waals surface area contributed by atoms with E-state index in [-0.39, 0.29) is 5.95 Å². The minimum atomic E-state index is 0.226. The third-order valence-corrected chi connectivity index (χ3v) is 5.25. The molecule has 0 aliphatic carbocycles. The molecule has 0 spiro atoms. The van der Waals surface area contributed by atoms with E-state index in [4.69, 9.17) is 10.5 Å². The molecule has 30 heavy (non-hydrogen) atoms. The Kier molecular flexibility index (Phi) is 5.94. The lowest BCUT2D eigenvalue weighted by Gasteiger charge is -2.36. The van der Waals surface area contributed by atoms with Crippen molar-refractivity contribution in [2.75, 3.05) is 49.2 Å². The molecular weight excluding hydrogens is 378 g/mol.